The first kappa shape index (κ1) is 29.1. The summed E-state index contributed by atoms with van der Waals surface area (Å²) in [5.74, 6) is 1.66. The molecule has 194 valence electrons. The predicted molar refractivity (Wildman–Crippen MR) is 148 cm³/mol. The van der Waals surface area contributed by atoms with Crippen molar-refractivity contribution in [3.8, 4) is 11.5 Å². The molecule has 2 aromatic rings. The van der Waals surface area contributed by atoms with E-state index in [1.54, 1.807) is 23.9 Å². The number of carbonyl (C=O) groups is 1. The molecule has 0 unspecified atom stereocenters. The summed E-state index contributed by atoms with van der Waals surface area (Å²) in [4.78, 5) is 12.9. The summed E-state index contributed by atoms with van der Waals surface area (Å²) < 4.78 is 5.60. The van der Waals surface area contributed by atoms with Crippen molar-refractivity contribution in [2.75, 3.05) is 12.4 Å². The van der Waals surface area contributed by atoms with Crippen LogP contribution >= 0.6 is 11.8 Å². The number of esters is 1. The third-order valence-electron chi connectivity index (χ3n) is 6.38. The highest BCUT2D eigenvalue weighted by molar-refractivity contribution is 7.98. The minimum Gasteiger partial charge on any atom is -0.507 e. The molecule has 35 heavy (non-hydrogen) atoms. The second-order valence-corrected chi connectivity index (χ2v) is 13.7. The van der Waals surface area contributed by atoms with Crippen molar-refractivity contribution in [1.29, 1.82) is 0 Å². The van der Waals surface area contributed by atoms with Crippen LogP contribution in [0.3, 0.4) is 0 Å². The number of benzene rings is 2. The van der Waals surface area contributed by atoms with Gasteiger partial charge in [0, 0.05) is 22.6 Å². The Morgan fingerprint density at radius 1 is 0.800 bits per heavy atom. The molecule has 4 nitrogen and oxygen atoms in total. The second-order valence-electron chi connectivity index (χ2n) is 12.6. The van der Waals surface area contributed by atoms with E-state index >= 15 is 0 Å². The third-order valence-corrected chi connectivity index (χ3v) is 7.32. The van der Waals surface area contributed by atoms with Crippen molar-refractivity contribution in [3.63, 3.8) is 0 Å². The Bertz CT molecular complexity index is 1040. The zero-order valence-electron chi connectivity index (χ0n) is 23.5. The number of carbonyl (C=O) groups excluding carboxylic acids is 1. The van der Waals surface area contributed by atoms with Crippen LogP contribution in [0.2, 0.25) is 0 Å². The molecule has 0 fully saturated rings. The molecule has 0 aliphatic carbocycles. The summed E-state index contributed by atoms with van der Waals surface area (Å²) in [7, 11) is 0. The maximum absolute atomic E-state index is 12.9. The summed E-state index contributed by atoms with van der Waals surface area (Å²) in [5, 5.41) is 21.6. The molecule has 0 atom stereocenters. The van der Waals surface area contributed by atoms with Gasteiger partial charge in [-0.1, -0.05) is 68.4 Å². The molecule has 2 N–H and O–H groups in total. The lowest BCUT2D eigenvalue weighted by molar-refractivity contribution is 0.0530. The maximum Gasteiger partial charge on any atom is 0.338 e. The monoisotopic (exact) mass is 500 g/mol. The minimum atomic E-state index is -0.374. The van der Waals surface area contributed by atoms with Crippen molar-refractivity contribution in [1.82, 2.24) is 0 Å². The molecule has 0 heterocycles. The fourth-order valence-corrected chi connectivity index (χ4v) is 5.15. The molecule has 2 rings (SSSR count). The topological polar surface area (TPSA) is 66.8 Å². The fraction of sp³-hybridized carbons (Fsp3) is 0.567. The van der Waals surface area contributed by atoms with Gasteiger partial charge in [-0.2, -0.15) is 11.8 Å². The van der Waals surface area contributed by atoms with Gasteiger partial charge >= 0.3 is 5.97 Å². The number of thioether (sulfide) groups is 1. The highest BCUT2D eigenvalue weighted by Gasteiger charge is 2.28. The summed E-state index contributed by atoms with van der Waals surface area (Å²) in [5.41, 5.74) is 5.43. The van der Waals surface area contributed by atoms with Gasteiger partial charge in [0.1, 0.15) is 18.1 Å². The molecule has 0 bridgehead atoms. The number of phenolic OH excluding ortho intramolecular Hbond substituents is 2. The molecule has 0 saturated carbocycles. The van der Waals surface area contributed by atoms with Gasteiger partial charge in [-0.3, -0.25) is 0 Å². The zero-order chi connectivity index (χ0) is 26.9. The van der Waals surface area contributed by atoms with E-state index in [-0.39, 0.29) is 28.0 Å². The number of ether oxygens (including phenoxy) is 1. The quantitative estimate of drug-likeness (QED) is 0.314. The smallest absolute Gasteiger partial charge is 0.338 e. The Balaban J connectivity index is 2.09. The number of aryl methyl sites for hydroxylation is 1. The summed E-state index contributed by atoms with van der Waals surface area (Å²) >= 11 is 1.68. The highest BCUT2D eigenvalue weighted by atomic mass is 32.2. The van der Waals surface area contributed by atoms with E-state index in [4.69, 9.17) is 4.74 Å². The van der Waals surface area contributed by atoms with E-state index < -0.39 is 0 Å². The highest BCUT2D eigenvalue weighted by Crippen LogP contribution is 2.40. The average molecular weight is 501 g/mol. The molecule has 2 aromatic carbocycles. The van der Waals surface area contributed by atoms with E-state index in [9.17, 15) is 15.0 Å². The van der Waals surface area contributed by atoms with E-state index in [0.717, 1.165) is 33.6 Å². The molecule has 0 amide bonds. The van der Waals surface area contributed by atoms with Gasteiger partial charge in [-0.25, -0.2) is 4.79 Å². The standard InChI is InChI=1S/C30H44O4S/c1-18-14-22(28(3,4)5)25(31)19(2)21(18)17-35-13-12-34-27(33)20-15-23(29(6,7)8)26(32)24(16-20)30(9,10)11/h14-16,31-32H,12-13,17H2,1-11H3. The minimum absolute atomic E-state index is 0.118. The molecule has 0 aliphatic heterocycles. The maximum atomic E-state index is 12.9. The van der Waals surface area contributed by atoms with Crippen LogP contribution < -0.4 is 0 Å². The Morgan fingerprint density at radius 3 is 1.71 bits per heavy atom. The lowest BCUT2D eigenvalue weighted by Gasteiger charge is -2.28. The summed E-state index contributed by atoms with van der Waals surface area (Å²) in [6.07, 6.45) is 0. The van der Waals surface area contributed by atoms with Crippen molar-refractivity contribution < 1.29 is 19.7 Å². The van der Waals surface area contributed by atoms with Gasteiger partial charge in [-0.05, 0) is 64.5 Å². The first-order valence-electron chi connectivity index (χ1n) is 12.3. The van der Waals surface area contributed by atoms with E-state index in [1.165, 1.54) is 5.56 Å². The SMILES string of the molecule is Cc1cc(C(C)(C)C)c(O)c(C)c1CSCCOC(=O)c1cc(C(C)(C)C)c(O)c(C(C)(C)C)c1. The Hall–Kier alpha value is -2.14. The lowest BCUT2D eigenvalue weighted by atomic mass is 9.78. The summed E-state index contributed by atoms with van der Waals surface area (Å²) in [6, 6.07) is 5.60. The van der Waals surface area contributed by atoms with Crippen molar-refractivity contribution in [2.45, 2.75) is 98.2 Å². The van der Waals surface area contributed by atoms with Gasteiger partial charge in [-0.15, -0.1) is 0 Å². The van der Waals surface area contributed by atoms with Crippen LogP contribution in [0, 0.1) is 13.8 Å². The number of rotatable bonds is 6. The molecule has 0 aromatic heterocycles. The van der Waals surface area contributed by atoms with Crippen molar-refractivity contribution >= 4 is 17.7 Å². The molecule has 5 heteroatoms. The fourth-order valence-electron chi connectivity index (χ4n) is 4.15. The van der Waals surface area contributed by atoms with Crippen LogP contribution in [0.1, 0.15) is 106 Å². The second kappa shape index (κ2) is 10.5. The van der Waals surface area contributed by atoms with Gasteiger partial charge in [0.25, 0.3) is 0 Å². The predicted octanol–water partition coefficient (Wildman–Crippen LogP) is 7.70. The van der Waals surface area contributed by atoms with Crippen molar-refractivity contribution in [2.24, 2.45) is 0 Å². The van der Waals surface area contributed by atoms with E-state index in [2.05, 4.69) is 33.8 Å². The van der Waals surface area contributed by atoms with Crippen LogP contribution in [-0.4, -0.2) is 28.5 Å². The summed E-state index contributed by atoms with van der Waals surface area (Å²) in [6.45, 7) is 22.8. The molecule has 0 radical (unpaired) electrons. The zero-order valence-corrected chi connectivity index (χ0v) is 24.3. The number of phenols is 2. The van der Waals surface area contributed by atoms with Crippen LogP contribution in [0.25, 0.3) is 0 Å². The lowest BCUT2D eigenvalue weighted by Crippen LogP contribution is -2.19. The van der Waals surface area contributed by atoms with Gasteiger partial charge in [0.2, 0.25) is 0 Å². The first-order valence-corrected chi connectivity index (χ1v) is 13.5. The van der Waals surface area contributed by atoms with Crippen LogP contribution in [0.4, 0.5) is 0 Å². The molecule has 0 aliphatic rings. The van der Waals surface area contributed by atoms with Crippen LogP contribution in [-0.2, 0) is 26.7 Å². The molecular formula is C30H44O4S. The van der Waals surface area contributed by atoms with E-state index in [0.29, 0.717) is 23.7 Å². The molecular weight excluding hydrogens is 456 g/mol. The van der Waals surface area contributed by atoms with Gasteiger partial charge in [0.05, 0.1) is 5.56 Å². The average Bonchev–Trinajstić information content (AvgIpc) is 2.70. The number of hydrogen-bond acceptors (Lipinski definition) is 5. The van der Waals surface area contributed by atoms with Crippen molar-refractivity contribution in [3.05, 3.63) is 57.1 Å². The number of hydrogen-bond donors (Lipinski definition) is 2. The van der Waals surface area contributed by atoms with E-state index in [1.807, 2.05) is 48.5 Å². The van der Waals surface area contributed by atoms with Crippen LogP contribution in [0.5, 0.6) is 11.5 Å². The largest absolute Gasteiger partial charge is 0.507 e. The molecule has 0 saturated heterocycles. The first-order chi connectivity index (χ1) is 15.9. The third kappa shape index (κ3) is 6.97. The van der Waals surface area contributed by atoms with Gasteiger partial charge in [0.15, 0.2) is 0 Å². The Morgan fingerprint density at radius 2 is 1.26 bits per heavy atom. The van der Waals surface area contributed by atoms with Gasteiger partial charge < -0.3 is 14.9 Å². The normalized spacial score (nSPS) is 12.7. The molecule has 0 spiro atoms. The Labute approximate surface area is 216 Å². The van der Waals surface area contributed by atoms with Crippen LogP contribution in [0.15, 0.2) is 18.2 Å². The number of aromatic hydroxyl groups is 2. The Kier molecular flexibility index (Phi) is 8.69.